The van der Waals surface area contributed by atoms with Gasteiger partial charge in [-0.2, -0.15) is 5.10 Å². The molecular weight excluding hydrogens is 356 g/mol. The molecule has 140 valence electrons. The van der Waals surface area contributed by atoms with Crippen LogP contribution in [0.2, 0.25) is 0 Å². The van der Waals surface area contributed by atoms with Crippen LogP contribution in [-0.2, 0) is 14.9 Å². The van der Waals surface area contributed by atoms with Gasteiger partial charge in [-0.3, -0.25) is 9.63 Å². The Morgan fingerprint density at radius 1 is 1.23 bits per heavy atom. The molecule has 1 aliphatic carbocycles. The second kappa shape index (κ2) is 7.56. The number of carbonyl (C=O) groups excluding carboxylic acids is 1. The summed E-state index contributed by atoms with van der Waals surface area (Å²) in [5.41, 5.74) is 0.364. The van der Waals surface area contributed by atoms with E-state index in [1.165, 1.54) is 51.3 Å². The predicted molar refractivity (Wildman–Crippen MR) is 96.1 cm³/mol. The van der Waals surface area contributed by atoms with Gasteiger partial charge in [0.2, 0.25) is 0 Å². The van der Waals surface area contributed by atoms with Gasteiger partial charge in [-0.05, 0) is 37.1 Å². The molecule has 1 N–H and O–H groups in total. The van der Waals surface area contributed by atoms with Gasteiger partial charge in [0.25, 0.3) is 15.9 Å². The largest absolute Gasteiger partial charge is 0.307 e. The zero-order chi connectivity index (χ0) is 18.7. The van der Waals surface area contributed by atoms with Crippen molar-refractivity contribution in [1.29, 1.82) is 0 Å². The van der Waals surface area contributed by atoms with Crippen LogP contribution >= 0.6 is 0 Å². The van der Waals surface area contributed by atoms with Crippen molar-refractivity contribution in [3.8, 4) is 0 Å². The number of amides is 1. The van der Waals surface area contributed by atoms with Crippen LogP contribution in [0.25, 0.3) is 0 Å². The van der Waals surface area contributed by atoms with Crippen molar-refractivity contribution in [3.63, 3.8) is 0 Å². The van der Waals surface area contributed by atoms with Crippen LogP contribution in [0.5, 0.6) is 0 Å². The summed E-state index contributed by atoms with van der Waals surface area (Å²) >= 11 is 0. The Morgan fingerprint density at radius 2 is 1.88 bits per heavy atom. The molecule has 1 aliphatic rings. The highest BCUT2D eigenvalue weighted by atomic mass is 32.2. The Hall–Kier alpha value is -2.23. The first-order chi connectivity index (χ1) is 12.4. The average Bonchev–Trinajstić information content (AvgIpc) is 3.32. The molecule has 1 aromatic heterocycles. The third kappa shape index (κ3) is 3.64. The third-order valence-electron chi connectivity index (χ3n) is 4.59. The molecule has 2 aromatic rings. The van der Waals surface area contributed by atoms with Gasteiger partial charge in [0.15, 0.2) is 0 Å². The molecule has 9 heteroatoms. The summed E-state index contributed by atoms with van der Waals surface area (Å²) in [6.07, 6.45) is 6.13. The van der Waals surface area contributed by atoms with E-state index in [0.29, 0.717) is 17.4 Å². The minimum atomic E-state index is -3.73. The summed E-state index contributed by atoms with van der Waals surface area (Å²) in [6.45, 7) is 0. The van der Waals surface area contributed by atoms with E-state index in [0.717, 1.165) is 17.3 Å². The number of aromatic nitrogens is 2. The monoisotopic (exact) mass is 378 g/mol. The molecule has 0 bridgehead atoms. The molecule has 1 heterocycles. The molecule has 0 saturated heterocycles. The lowest BCUT2D eigenvalue weighted by molar-refractivity contribution is -0.0258. The number of hydrogen-bond donors (Lipinski definition) is 1. The van der Waals surface area contributed by atoms with Gasteiger partial charge in [0.05, 0.1) is 24.2 Å². The Bertz CT molecular complexity index is 870. The van der Waals surface area contributed by atoms with Crippen LogP contribution in [-0.4, -0.2) is 42.7 Å². The van der Waals surface area contributed by atoms with Gasteiger partial charge in [-0.25, -0.2) is 13.1 Å². The maximum absolute atomic E-state index is 12.5. The lowest BCUT2D eigenvalue weighted by atomic mass is 10.2. The molecule has 0 unspecified atom stereocenters. The van der Waals surface area contributed by atoms with E-state index in [2.05, 4.69) is 10.4 Å². The Morgan fingerprint density at radius 3 is 2.50 bits per heavy atom. The van der Waals surface area contributed by atoms with Crippen LogP contribution < -0.4 is 5.32 Å². The highest BCUT2D eigenvalue weighted by molar-refractivity contribution is 7.89. The Labute approximate surface area is 152 Å². The van der Waals surface area contributed by atoms with Crippen molar-refractivity contribution in [2.24, 2.45) is 0 Å². The van der Waals surface area contributed by atoms with Crippen LogP contribution in [0.3, 0.4) is 0 Å². The molecular formula is C17H22N4O4S. The van der Waals surface area contributed by atoms with Gasteiger partial charge in [-0.1, -0.05) is 17.3 Å². The number of rotatable bonds is 6. The van der Waals surface area contributed by atoms with Crippen molar-refractivity contribution in [2.45, 2.75) is 36.6 Å². The van der Waals surface area contributed by atoms with E-state index in [-0.39, 0.29) is 10.8 Å². The van der Waals surface area contributed by atoms with Crippen LogP contribution in [0.1, 0.15) is 42.1 Å². The topological polar surface area (TPSA) is 93.5 Å². The number of anilines is 1. The molecule has 3 rings (SSSR count). The first-order valence-electron chi connectivity index (χ1n) is 8.41. The molecule has 1 amide bonds. The summed E-state index contributed by atoms with van der Waals surface area (Å²) in [4.78, 5) is 17.3. The number of sulfonamides is 1. The molecule has 1 saturated carbocycles. The Balaban J connectivity index is 1.74. The minimum Gasteiger partial charge on any atom is -0.307 e. The van der Waals surface area contributed by atoms with E-state index in [1.54, 1.807) is 12.3 Å². The van der Waals surface area contributed by atoms with Gasteiger partial charge < -0.3 is 5.32 Å². The van der Waals surface area contributed by atoms with Crippen LogP contribution in [0, 0.1) is 0 Å². The van der Waals surface area contributed by atoms with Crippen molar-refractivity contribution in [1.82, 2.24) is 14.2 Å². The normalized spacial score (nSPS) is 15.5. The minimum absolute atomic E-state index is 0.0504. The van der Waals surface area contributed by atoms with Crippen molar-refractivity contribution in [3.05, 3.63) is 42.1 Å². The predicted octanol–water partition coefficient (Wildman–Crippen LogP) is 2.43. The van der Waals surface area contributed by atoms with Crippen molar-refractivity contribution < 1.29 is 18.0 Å². The van der Waals surface area contributed by atoms with Crippen LogP contribution in [0.4, 0.5) is 5.82 Å². The quantitative estimate of drug-likeness (QED) is 0.779. The second-order valence-electron chi connectivity index (χ2n) is 6.18. The fourth-order valence-electron chi connectivity index (χ4n) is 3.07. The maximum Gasteiger partial charge on any atom is 0.264 e. The highest BCUT2D eigenvalue weighted by Gasteiger charge is 2.22. The number of benzene rings is 1. The Kier molecular flexibility index (Phi) is 5.40. The first-order valence-corrected chi connectivity index (χ1v) is 9.85. The first kappa shape index (κ1) is 18.6. The summed E-state index contributed by atoms with van der Waals surface area (Å²) in [7, 11) is -1.16. The zero-order valence-electron chi connectivity index (χ0n) is 14.8. The summed E-state index contributed by atoms with van der Waals surface area (Å²) in [5.74, 6) is 0.339. The van der Waals surface area contributed by atoms with E-state index in [4.69, 9.17) is 4.84 Å². The molecule has 0 radical (unpaired) electrons. The molecule has 0 aliphatic heterocycles. The molecule has 1 fully saturated rings. The molecule has 26 heavy (non-hydrogen) atoms. The number of hydrogen-bond acceptors (Lipinski definition) is 5. The number of hydroxylamine groups is 1. The highest BCUT2D eigenvalue weighted by Crippen LogP contribution is 2.31. The second-order valence-corrected chi connectivity index (χ2v) is 8.11. The van der Waals surface area contributed by atoms with Gasteiger partial charge in [0.1, 0.15) is 5.82 Å². The average molecular weight is 378 g/mol. The van der Waals surface area contributed by atoms with E-state index in [1.807, 2.05) is 4.68 Å². The number of carbonyl (C=O) groups is 1. The molecule has 0 spiro atoms. The standard InChI is InChI=1S/C17H22N4O4S/c1-20(25-2)26(23,24)15-9-7-13(8-10-15)17(22)19-16-11-12-18-21(16)14-5-3-4-6-14/h7-12,14H,3-6H2,1-2H3,(H,19,22). The lowest BCUT2D eigenvalue weighted by Crippen LogP contribution is -2.25. The lowest BCUT2D eigenvalue weighted by Gasteiger charge is -2.15. The van der Waals surface area contributed by atoms with E-state index < -0.39 is 10.0 Å². The number of nitrogens with zero attached hydrogens (tertiary/aromatic N) is 3. The molecule has 0 atom stereocenters. The van der Waals surface area contributed by atoms with Gasteiger partial charge in [0, 0.05) is 18.7 Å². The molecule has 1 aromatic carbocycles. The number of nitrogens with one attached hydrogen (secondary N) is 1. The van der Waals surface area contributed by atoms with Crippen molar-refractivity contribution >= 4 is 21.7 Å². The SMILES string of the molecule is CON(C)S(=O)(=O)c1ccc(C(=O)Nc2ccnn2C2CCCC2)cc1. The van der Waals surface area contributed by atoms with Gasteiger partial charge in [-0.15, -0.1) is 0 Å². The zero-order valence-corrected chi connectivity index (χ0v) is 15.6. The summed E-state index contributed by atoms with van der Waals surface area (Å²) < 4.78 is 27.0. The summed E-state index contributed by atoms with van der Waals surface area (Å²) in [5, 5.41) is 7.18. The fourth-order valence-corrected chi connectivity index (χ4v) is 4.04. The third-order valence-corrected chi connectivity index (χ3v) is 6.29. The summed E-state index contributed by atoms with van der Waals surface area (Å²) in [6, 6.07) is 7.80. The van der Waals surface area contributed by atoms with Crippen molar-refractivity contribution in [2.75, 3.05) is 19.5 Å². The van der Waals surface area contributed by atoms with Crippen LogP contribution in [0.15, 0.2) is 41.4 Å². The van der Waals surface area contributed by atoms with Gasteiger partial charge >= 0.3 is 0 Å². The molecule has 8 nitrogen and oxygen atoms in total. The van der Waals surface area contributed by atoms with E-state index >= 15 is 0 Å². The fraction of sp³-hybridized carbons (Fsp3) is 0.412. The smallest absolute Gasteiger partial charge is 0.264 e. The van der Waals surface area contributed by atoms with E-state index in [9.17, 15) is 13.2 Å². The maximum atomic E-state index is 12.5.